The molecule has 0 fully saturated rings. The Hall–Kier alpha value is -0.690. The number of rotatable bonds is 53. The maximum atomic E-state index is 12.6. The number of hydrogen-bond acceptors (Lipinski definition) is 5. The van der Waals surface area contributed by atoms with Crippen molar-refractivity contribution in [2.24, 2.45) is 0 Å². The molecule has 0 rings (SSSR count). The third-order valence-electron chi connectivity index (χ3n) is 13.8. The van der Waals surface area contributed by atoms with E-state index in [9.17, 15) is 25.2 Å². The molecule has 6 heteroatoms. The van der Waals surface area contributed by atoms with Gasteiger partial charge in [0.1, 0.15) is 12.2 Å². The summed E-state index contributed by atoms with van der Waals surface area (Å²) in [5.41, 5.74) is 0. The summed E-state index contributed by atoms with van der Waals surface area (Å²) < 4.78 is 0. The summed E-state index contributed by atoms with van der Waals surface area (Å²) in [5, 5.41) is 44.0. The van der Waals surface area contributed by atoms with Crippen LogP contribution in [-0.2, 0) is 4.79 Å². The van der Waals surface area contributed by atoms with Crippen molar-refractivity contribution < 1.29 is 25.2 Å². The van der Waals surface area contributed by atoms with E-state index >= 15 is 0 Å². The van der Waals surface area contributed by atoms with E-state index in [-0.39, 0.29) is 0 Å². The fourth-order valence-corrected chi connectivity index (χ4v) is 9.35. The minimum atomic E-state index is -1.25. The summed E-state index contributed by atoms with van der Waals surface area (Å²) in [6, 6.07) is -0.980. The minimum Gasteiger partial charge on any atom is -0.394 e. The average molecular weight is 881 g/mol. The van der Waals surface area contributed by atoms with E-state index in [0.29, 0.717) is 12.8 Å². The third kappa shape index (κ3) is 44.5. The number of nitrogens with one attached hydrogen (secondary N) is 1. The first-order valence-corrected chi connectivity index (χ1v) is 28.4. The van der Waals surface area contributed by atoms with Gasteiger partial charge < -0.3 is 25.7 Å². The number of amides is 1. The van der Waals surface area contributed by atoms with Crippen LogP contribution in [0.2, 0.25) is 0 Å². The van der Waals surface area contributed by atoms with Crippen LogP contribution in [0.4, 0.5) is 0 Å². The fraction of sp³-hybridized carbons (Fsp3) is 0.982. The van der Waals surface area contributed by atoms with Crippen LogP contribution in [0, 0.1) is 0 Å². The predicted molar refractivity (Wildman–Crippen MR) is 270 cm³/mol. The highest BCUT2D eigenvalue weighted by Gasteiger charge is 2.28. The Morgan fingerprint density at radius 3 is 0.774 bits per heavy atom. The molecule has 0 saturated heterocycles. The Balaban J connectivity index is 3.56. The summed E-state index contributed by atoms with van der Waals surface area (Å²) >= 11 is 0. The third-order valence-corrected chi connectivity index (χ3v) is 13.8. The van der Waals surface area contributed by atoms with Crippen molar-refractivity contribution in [3.63, 3.8) is 0 Å². The second-order valence-corrected chi connectivity index (χ2v) is 20.0. The molecule has 4 atom stereocenters. The average Bonchev–Trinajstić information content (AvgIpc) is 3.28. The van der Waals surface area contributed by atoms with Crippen LogP contribution in [-0.4, -0.2) is 57.3 Å². The number of carbonyl (C=O) groups excluding carboxylic acids is 1. The Kier molecular flexibility index (Phi) is 50.7. The van der Waals surface area contributed by atoms with E-state index in [1.165, 1.54) is 257 Å². The van der Waals surface area contributed by atoms with Gasteiger partial charge in [-0.3, -0.25) is 4.79 Å². The fourth-order valence-electron chi connectivity index (χ4n) is 9.35. The summed E-state index contributed by atoms with van der Waals surface area (Å²) in [6.45, 7) is 4.10. The van der Waals surface area contributed by atoms with Crippen LogP contribution in [0.15, 0.2) is 0 Å². The Morgan fingerprint density at radius 1 is 0.339 bits per heavy atom. The Labute approximate surface area is 388 Å². The maximum Gasteiger partial charge on any atom is 0.249 e. The Morgan fingerprint density at radius 2 is 0.548 bits per heavy atom. The van der Waals surface area contributed by atoms with Gasteiger partial charge in [-0.05, 0) is 12.8 Å². The van der Waals surface area contributed by atoms with Gasteiger partial charge in [0.2, 0.25) is 5.91 Å². The highest BCUT2D eigenvalue weighted by Crippen LogP contribution is 2.19. The van der Waals surface area contributed by atoms with Crippen molar-refractivity contribution in [3.05, 3.63) is 0 Å². The summed E-state index contributed by atoms with van der Waals surface area (Å²) in [6.07, 6.45) is 58.9. The number of hydrogen-bond donors (Lipinski definition) is 5. The molecular formula is C56H113NO5. The van der Waals surface area contributed by atoms with Gasteiger partial charge in [0.25, 0.3) is 0 Å². The topological polar surface area (TPSA) is 110 Å². The molecule has 0 aliphatic carbocycles. The highest BCUT2D eigenvalue weighted by molar-refractivity contribution is 5.80. The van der Waals surface area contributed by atoms with E-state index in [2.05, 4.69) is 19.2 Å². The van der Waals surface area contributed by atoms with E-state index in [1.807, 2.05) is 0 Å². The molecular weight excluding hydrogens is 767 g/mol. The minimum absolute atomic E-state index is 0.376. The second-order valence-electron chi connectivity index (χ2n) is 20.0. The van der Waals surface area contributed by atoms with Crippen molar-refractivity contribution in [1.82, 2.24) is 5.32 Å². The first-order chi connectivity index (χ1) is 30.5. The predicted octanol–water partition coefficient (Wildman–Crippen LogP) is 16.3. The van der Waals surface area contributed by atoms with Crippen LogP contribution in [0.1, 0.15) is 322 Å². The van der Waals surface area contributed by atoms with Gasteiger partial charge in [0.05, 0.1) is 18.8 Å². The molecule has 0 bridgehead atoms. The quantitative estimate of drug-likeness (QED) is 0.0391. The van der Waals surface area contributed by atoms with Gasteiger partial charge in [-0.1, -0.05) is 309 Å². The molecule has 0 aromatic rings. The van der Waals surface area contributed by atoms with Gasteiger partial charge >= 0.3 is 0 Å². The van der Waals surface area contributed by atoms with Crippen molar-refractivity contribution in [2.45, 2.75) is 346 Å². The molecule has 0 aromatic carbocycles. The molecule has 4 unspecified atom stereocenters. The summed E-state index contributed by atoms with van der Waals surface area (Å²) in [5.74, 6) is -0.576. The normalized spacial score (nSPS) is 13.7. The number of carbonyl (C=O) groups is 1. The highest BCUT2D eigenvalue weighted by atomic mass is 16.3. The molecule has 0 radical (unpaired) electrons. The molecule has 0 aliphatic rings. The Bertz CT molecular complexity index is 856. The molecule has 62 heavy (non-hydrogen) atoms. The molecule has 0 spiro atoms. The van der Waals surface area contributed by atoms with E-state index in [4.69, 9.17) is 0 Å². The van der Waals surface area contributed by atoms with Crippen LogP contribution in [0.25, 0.3) is 0 Å². The van der Waals surface area contributed by atoms with Crippen molar-refractivity contribution in [1.29, 1.82) is 0 Å². The first-order valence-electron chi connectivity index (χ1n) is 28.4. The lowest BCUT2D eigenvalue weighted by Crippen LogP contribution is -2.53. The largest absolute Gasteiger partial charge is 0.394 e. The lowest BCUT2D eigenvalue weighted by molar-refractivity contribution is -0.132. The zero-order valence-corrected chi connectivity index (χ0v) is 42.2. The molecule has 0 aromatic heterocycles. The van der Waals surface area contributed by atoms with Gasteiger partial charge in [-0.15, -0.1) is 0 Å². The summed E-state index contributed by atoms with van der Waals surface area (Å²) in [4.78, 5) is 12.6. The number of unbranched alkanes of at least 4 members (excludes halogenated alkanes) is 44. The zero-order chi connectivity index (χ0) is 45.2. The molecule has 372 valence electrons. The monoisotopic (exact) mass is 880 g/mol. The SMILES string of the molecule is CCCCCCCCCCCCCCCCCCCCCCCCCCCCCCC(O)C(O)C(CO)NC(=O)C(O)CCCCCCCCCCCCCCCCCCCC. The van der Waals surface area contributed by atoms with Crippen LogP contribution in [0.5, 0.6) is 0 Å². The van der Waals surface area contributed by atoms with Crippen molar-refractivity contribution >= 4 is 5.91 Å². The lowest BCUT2D eigenvalue weighted by Gasteiger charge is -2.27. The van der Waals surface area contributed by atoms with Crippen LogP contribution in [0.3, 0.4) is 0 Å². The van der Waals surface area contributed by atoms with Gasteiger partial charge in [-0.25, -0.2) is 0 Å². The molecule has 5 N–H and O–H groups in total. The van der Waals surface area contributed by atoms with Gasteiger partial charge in [-0.2, -0.15) is 0 Å². The van der Waals surface area contributed by atoms with Gasteiger partial charge in [0, 0.05) is 0 Å². The smallest absolute Gasteiger partial charge is 0.249 e. The zero-order valence-electron chi connectivity index (χ0n) is 42.2. The number of aliphatic hydroxyl groups is 4. The second kappa shape index (κ2) is 51.3. The van der Waals surface area contributed by atoms with Crippen molar-refractivity contribution in [2.75, 3.05) is 6.61 Å². The molecule has 6 nitrogen and oxygen atoms in total. The van der Waals surface area contributed by atoms with E-state index < -0.39 is 36.9 Å². The molecule has 0 aliphatic heterocycles. The first kappa shape index (κ1) is 61.3. The van der Waals surface area contributed by atoms with Crippen molar-refractivity contribution in [3.8, 4) is 0 Å². The molecule has 1 amide bonds. The lowest BCUT2D eigenvalue weighted by atomic mass is 9.99. The summed E-state index contributed by atoms with van der Waals surface area (Å²) in [7, 11) is 0. The standard InChI is InChI=1S/C56H113NO5/c1-3-5-7-9-11-13-15-17-19-21-23-24-25-26-27-28-29-30-31-32-34-35-37-39-41-43-45-47-49-53(59)55(61)52(51-58)57-56(62)54(60)50-48-46-44-42-40-38-36-33-22-20-18-16-14-12-10-8-6-4-2/h52-55,58-61H,3-51H2,1-2H3,(H,57,62). The maximum absolute atomic E-state index is 12.6. The van der Waals surface area contributed by atoms with Crippen LogP contribution >= 0.6 is 0 Å². The molecule has 0 saturated carbocycles. The van der Waals surface area contributed by atoms with Crippen LogP contribution < -0.4 is 5.32 Å². The van der Waals surface area contributed by atoms with E-state index in [1.54, 1.807) is 0 Å². The van der Waals surface area contributed by atoms with E-state index in [0.717, 1.165) is 38.5 Å². The number of aliphatic hydroxyl groups excluding tert-OH is 4. The van der Waals surface area contributed by atoms with Gasteiger partial charge in [0.15, 0.2) is 0 Å². The molecule has 0 heterocycles.